The van der Waals surface area contributed by atoms with E-state index in [0.29, 0.717) is 19.3 Å². The summed E-state index contributed by atoms with van der Waals surface area (Å²) < 4.78 is 0. The van der Waals surface area contributed by atoms with E-state index in [0.717, 1.165) is 25.7 Å². The molecule has 0 fully saturated rings. The minimum atomic E-state index is -0.554. The van der Waals surface area contributed by atoms with Gasteiger partial charge in [-0.2, -0.15) is 0 Å². The molecule has 0 aliphatic heterocycles. The normalized spacial score (nSPS) is 13.1. The Balaban J connectivity index is 3.68. The Morgan fingerprint density at radius 2 is 0.892 bits per heavy atom. The molecule has 0 saturated heterocycles. The smallest absolute Gasteiger partial charge is 0.220 e. The Bertz CT molecular complexity index is 457. The lowest BCUT2D eigenvalue weighted by Gasteiger charge is -2.23. The van der Waals surface area contributed by atoms with Crippen LogP contribution in [0, 0.1) is 0 Å². The average Bonchev–Trinajstić information content (AvgIpc) is 2.89. The van der Waals surface area contributed by atoms with Crippen LogP contribution in [0.1, 0.15) is 187 Å². The fraction of sp³-hybridized carbons (Fsp3) is 0.970. The van der Waals surface area contributed by atoms with Gasteiger partial charge in [-0.3, -0.25) is 4.79 Å². The molecule has 0 radical (unpaired) electrons. The van der Waals surface area contributed by atoms with Gasteiger partial charge in [0.25, 0.3) is 0 Å². The van der Waals surface area contributed by atoms with Crippen LogP contribution in [0.5, 0.6) is 0 Å². The predicted octanol–water partition coefficient (Wildman–Crippen LogP) is 9.40. The Hall–Kier alpha value is -0.610. The molecule has 0 rings (SSSR count). The van der Waals surface area contributed by atoms with Crippen molar-refractivity contribution in [2.45, 2.75) is 199 Å². The molecule has 0 saturated carbocycles. The molecule has 0 aromatic rings. The maximum atomic E-state index is 12.4. The Morgan fingerprint density at radius 3 is 1.27 bits per heavy atom. The first kappa shape index (κ1) is 36.4. The topological polar surface area (TPSA) is 69.6 Å². The summed E-state index contributed by atoms with van der Waals surface area (Å²) in [6.45, 7) is 4.53. The first-order valence-corrected chi connectivity index (χ1v) is 16.7. The lowest BCUT2D eigenvalue weighted by Crippen LogP contribution is -2.43. The molecule has 0 aromatic carbocycles. The molecule has 0 aliphatic rings. The lowest BCUT2D eigenvalue weighted by molar-refractivity contribution is -0.123. The number of hydrogen-bond acceptors (Lipinski definition) is 3. The fourth-order valence-corrected chi connectivity index (χ4v) is 5.30. The van der Waals surface area contributed by atoms with E-state index in [2.05, 4.69) is 19.2 Å². The van der Waals surface area contributed by atoms with Crippen LogP contribution < -0.4 is 5.32 Å². The first-order chi connectivity index (χ1) is 18.2. The summed E-state index contributed by atoms with van der Waals surface area (Å²) in [4.78, 5) is 12.4. The van der Waals surface area contributed by atoms with E-state index in [1.54, 1.807) is 0 Å². The van der Waals surface area contributed by atoms with E-state index < -0.39 is 6.10 Å². The van der Waals surface area contributed by atoms with E-state index in [-0.39, 0.29) is 18.6 Å². The Labute approximate surface area is 232 Å². The van der Waals surface area contributed by atoms with Gasteiger partial charge in [0.1, 0.15) is 0 Å². The predicted molar refractivity (Wildman–Crippen MR) is 161 cm³/mol. The summed E-state index contributed by atoms with van der Waals surface area (Å²) in [5.74, 6) is 0.0273. The molecule has 0 aromatic heterocycles. The van der Waals surface area contributed by atoms with E-state index in [4.69, 9.17) is 0 Å². The Kier molecular flexibility index (Phi) is 29.4. The highest BCUT2D eigenvalue weighted by molar-refractivity contribution is 5.76. The number of carbonyl (C=O) groups excluding carboxylic acids is 1. The first-order valence-electron chi connectivity index (χ1n) is 16.7. The van der Waals surface area contributed by atoms with Gasteiger partial charge in [0.05, 0.1) is 12.1 Å². The van der Waals surface area contributed by atoms with Crippen LogP contribution >= 0.6 is 0 Å². The van der Waals surface area contributed by atoms with Gasteiger partial charge in [0.15, 0.2) is 0 Å². The van der Waals surface area contributed by atoms with Gasteiger partial charge in [-0.05, 0) is 19.3 Å². The van der Waals surface area contributed by atoms with Crippen molar-refractivity contribution in [3.8, 4) is 0 Å². The zero-order valence-corrected chi connectivity index (χ0v) is 25.3. The second kappa shape index (κ2) is 29.9. The van der Waals surface area contributed by atoms with Crippen molar-refractivity contribution in [3.05, 3.63) is 0 Å². The molecule has 4 nitrogen and oxygen atoms in total. The van der Waals surface area contributed by atoms with Crippen molar-refractivity contribution in [3.63, 3.8) is 0 Å². The van der Waals surface area contributed by atoms with Crippen LogP contribution in [0.15, 0.2) is 0 Å². The fourth-order valence-electron chi connectivity index (χ4n) is 5.30. The van der Waals surface area contributed by atoms with Gasteiger partial charge in [-0.1, -0.05) is 162 Å². The standard InChI is InChI=1S/C33H67NO3/c1-3-5-7-9-11-13-15-16-18-20-22-24-26-28-33(37)34-31(29-30-35)32(36)27-25-23-21-19-17-14-12-10-8-6-4-2/h31-32,35-36H,3-30H2,1-2H3,(H,34,37). The summed E-state index contributed by atoms with van der Waals surface area (Å²) in [5, 5.41) is 23.0. The monoisotopic (exact) mass is 526 g/mol. The number of hydrogen-bond donors (Lipinski definition) is 3. The molecule has 0 heterocycles. The average molecular weight is 526 g/mol. The third kappa shape index (κ3) is 26.8. The van der Waals surface area contributed by atoms with Crippen molar-refractivity contribution >= 4 is 5.91 Å². The quantitative estimate of drug-likeness (QED) is 0.0818. The van der Waals surface area contributed by atoms with Gasteiger partial charge in [0, 0.05) is 13.0 Å². The molecule has 0 spiro atoms. The van der Waals surface area contributed by atoms with Gasteiger partial charge in [-0.25, -0.2) is 0 Å². The number of aliphatic hydroxyl groups excluding tert-OH is 2. The summed E-state index contributed by atoms with van der Waals surface area (Å²) >= 11 is 0. The van der Waals surface area contributed by atoms with Crippen LogP contribution in [0.25, 0.3) is 0 Å². The number of aliphatic hydroxyl groups is 2. The summed E-state index contributed by atoms with van der Waals surface area (Å²) in [7, 11) is 0. The SMILES string of the molecule is CCCCCCCCCCCCCCCC(=O)NC(CCO)C(O)CCCCCCCCCCCCC. The lowest BCUT2D eigenvalue weighted by atomic mass is 9.99. The van der Waals surface area contributed by atoms with Crippen molar-refractivity contribution in [2.75, 3.05) is 6.61 Å². The number of amides is 1. The Morgan fingerprint density at radius 1 is 0.541 bits per heavy atom. The zero-order chi connectivity index (χ0) is 27.2. The zero-order valence-electron chi connectivity index (χ0n) is 25.3. The molecule has 37 heavy (non-hydrogen) atoms. The van der Waals surface area contributed by atoms with Crippen LogP contribution in [0.3, 0.4) is 0 Å². The number of rotatable bonds is 30. The third-order valence-electron chi connectivity index (χ3n) is 7.86. The van der Waals surface area contributed by atoms with Crippen molar-refractivity contribution in [1.29, 1.82) is 0 Å². The minimum Gasteiger partial charge on any atom is -0.396 e. The van der Waals surface area contributed by atoms with Crippen molar-refractivity contribution < 1.29 is 15.0 Å². The largest absolute Gasteiger partial charge is 0.396 e. The van der Waals surface area contributed by atoms with Crippen molar-refractivity contribution in [2.24, 2.45) is 0 Å². The molecule has 4 heteroatoms. The van der Waals surface area contributed by atoms with Gasteiger partial charge in [-0.15, -0.1) is 0 Å². The van der Waals surface area contributed by atoms with E-state index in [1.165, 1.54) is 128 Å². The van der Waals surface area contributed by atoms with Crippen LogP contribution in [-0.2, 0) is 4.79 Å². The molecule has 2 unspecified atom stereocenters. The summed E-state index contributed by atoms with van der Waals surface area (Å²) in [6.07, 6.45) is 32.2. The molecule has 3 N–H and O–H groups in total. The second-order valence-corrected chi connectivity index (χ2v) is 11.6. The van der Waals surface area contributed by atoms with E-state index in [9.17, 15) is 15.0 Å². The molecular weight excluding hydrogens is 458 g/mol. The highest BCUT2D eigenvalue weighted by Crippen LogP contribution is 2.15. The van der Waals surface area contributed by atoms with Crippen LogP contribution in [0.4, 0.5) is 0 Å². The maximum absolute atomic E-state index is 12.4. The molecule has 2 atom stereocenters. The molecule has 0 bridgehead atoms. The van der Waals surface area contributed by atoms with E-state index >= 15 is 0 Å². The van der Waals surface area contributed by atoms with E-state index in [1.807, 2.05) is 0 Å². The van der Waals surface area contributed by atoms with Crippen LogP contribution in [-0.4, -0.2) is 34.9 Å². The molecule has 1 amide bonds. The highest BCUT2D eigenvalue weighted by atomic mass is 16.3. The third-order valence-corrected chi connectivity index (χ3v) is 7.86. The highest BCUT2D eigenvalue weighted by Gasteiger charge is 2.20. The molecule has 222 valence electrons. The molecule has 0 aliphatic carbocycles. The second-order valence-electron chi connectivity index (χ2n) is 11.6. The summed E-state index contributed by atoms with van der Waals surface area (Å²) in [5.41, 5.74) is 0. The van der Waals surface area contributed by atoms with Crippen molar-refractivity contribution in [1.82, 2.24) is 5.32 Å². The van der Waals surface area contributed by atoms with Gasteiger partial charge >= 0.3 is 0 Å². The molecular formula is C33H67NO3. The number of nitrogens with one attached hydrogen (secondary N) is 1. The van der Waals surface area contributed by atoms with Crippen LogP contribution in [0.2, 0.25) is 0 Å². The van der Waals surface area contributed by atoms with Gasteiger partial charge in [0.2, 0.25) is 5.91 Å². The van der Waals surface area contributed by atoms with Gasteiger partial charge < -0.3 is 15.5 Å². The maximum Gasteiger partial charge on any atom is 0.220 e. The summed E-state index contributed by atoms with van der Waals surface area (Å²) in [6, 6.07) is -0.317. The number of unbranched alkanes of at least 4 members (excludes halogenated alkanes) is 22. The minimum absolute atomic E-state index is 0.000989. The number of carbonyl (C=O) groups is 1.